The topological polar surface area (TPSA) is 83.9 Å². The van der Waals surface area contributed by atoms with Gasteiger partial charge < -0.3 is 19.5 Å². The SMILES string of the molecule is O=C(NCc1ccc(F)cc1F)c1cn2c(c(OCc3ccccc3)c1=O)C(=O)N1CC[C@H]3CCCCN3C1C2. The number of nitrogens with zero attached hydrogens (tertiary/aromatic N) is 3. The van der Waals surface area contributed by atoms with E-state index in [-0.39, 0.29) is 47.8 Å². The summed E-state index contributed by atoms with van der Waals surface area (Å²) in [6, 6.07) is 12.7. The van der Waals surface area contributed by atoms with Crippen LogP contribution in [0.4, 0.5) is 8.78 Å². The fourth-order valence-electron chi connectivity index (χ4n) is 6.06. The zero-order valence-corrected chi connectivity index (χ0v) is 21.9. The maximum absolute atomic E-state index is 14.1. The highest BCUT2D eigenvalue weighted by Crippen LogP contribution is 2.34. The van der Waals surface area contributed by atoms with Crippen molar-refractivity contribution in [1.29, 1.82) is 0 Å². The Hall–Kier alpha value is -4.05. The molecule has 1 unspecified atom stereocenters. The monoisotopic (exact) mass is 548 g/mol. The van der Waals surface area contributed by atoms with Crippen molar-refractivity contribution in [1.82, 2.24) is 19.7 Å². The first kappa shape index (κ1) is 26.2. The minimum absolute atomic E-state index is 0.0415. The summed E-state index contributed by atoms with van der Waals surface area (Å²) >= 11 is 0. The Morgan fingerprint density at radius 3 is 2.65 bits per heavy atom. The third-order valence-corrected chi connectivity index (χ3v) is 8.11. The van der Waals surface area contributed by atoms with Crippen molar-refractivity contribution < 1.29 is 23.1 Å². The van der Waals surface area contributed by atoms with E-state index in [1.54, 1.807) is 4.57 Å². The number of halogens is 2. The second-order valence-electron chi connectivity index (χ2n) is 10.5. The Balaban J connectivity index is 1.35. The lowest BCUT2D eigenvalue weighted by molar-refractivity contribution is -0.0514. The molecular weight excluding hydrogens is 518 g/mol. The molecule has 10 heteroatoms. The molecule has 6 rings (SSSR count). The average molecular weight is 549 g/mol. The van der Waals surface area contributed by atoms with Crippen molar-refractivity contribution in [3.8, 4) is 5.75 Å². The summed E-state index contributed by atoms with van der Waals surface area (Å²) in [5, 5.41) is 2.56. The number of hydrogen-bond acceptors (Lipinski definition) is 5. The molecule has 2 aromatic carbocycles. The van der Waals surface area contributed by atoms with Crippen LogP contribution in [-0.4, -0.2) is 51.5 Å². The fourth-order valence-corrected chi connectivity index (χ4v) is 6.06. The highest BCUT2D eigenvalue weighted by molar-refractivity contribution is 5.99. The third-order valence-electron chi connectivity index (χ3n) is 8.11. The number of fused-ring (bicyclic) bond motifs is 4. The van der Waals surface area contributed by atoms with E-state index in [0.29, 0.717) is 19.1 Å². The number of benzene rings is 2. The van der Waals surface area contributed by atoms with Crippen LogP contribution < -0.4 is 15.5 Å². The summed E-state index contributed by atoms with van der Waals surface area (Å²) in [7, 11) is 0. The van der Waals surface area contributed by atoms with E-state index in [2.05, 4.69) is 10.2 Å². The second kappa shape index (κ2) is 10.8. The molecule has 0 saturated carbocycles. The predicted octanol–water partition coefficient (Wildman–Crippen LogP) is 3.68. The number of aromatic nitrogens is 1. The van der Waals surface area contributed by atoms with E-state index in [9.17, 15) is 23.2 Å². The van der Waals surface area contributed by atoms with Crippen LogP contribution in [-0.2, 0) is 19.7 Å². The van der Waals surface area contributed by atoms with E-state index in [1.165, 1.54) is 18.7 Å². The number of carbonyl (C=O) groups excluding carboxylic acids is 2. The summed E-state index contributed by atoms with van der Waals surface area (Å²) in [6.07, 6.45) is 5.44. The van der Waals surface area contributed by atoms with E-state index in [0.717, 1.165) is 43.5 Å². The molecule has 208 valence electrons. The first-order valence-electron chi connectivity index (χ1n) is 13.6. The maximum Gasteiger partial charge on any atom is 0.275 e. The smallest absolute Gasteiger partial charge is 0.275 e. The lowest BCUT2D eigenvalue weighted by atomic mass is 9.94. The molecule has 1 aromatic heterocycles. The van der Waals surface area contributed by atoms with Crippen LogP contribution in [0, 0.1) is 11.6 Å². The number of nitrogens with one attached hydrogen (secondary N) is 1. The highest BCUT2D eigenvalue weighted by Gasteiger charge is 2.44. The van der Waals surface area contributed by atoms with Crippen LogP contribution in [0.1, 0.15) is 57.7 Å². The zero-order valence-electron chi connectivity index (χ0n) is 21.9. The Morgan fingerprint density at radius 2 is 1.85 bits per heavy atom. The van der Waals surface area contributed by atoms with E-state index < -0.39 is 23.0 Å². The van der Waals surface area contributed by atoms with Crippen molar-refractivity contribution in [2.24, 2.45) is 0 Å². The van der Waals surface area contributed by atoms with Crippen LogP contribution in [0.3, 0.4) is 0 Å². The lowest BCUT2D eigenvalue weighted by Crippen LogP contribution is -2.64. The van der Waals surface area contributed by atoms with Gasteiger partial charge in [-0.3, -0.25) is 19.3 Å². The molecule has 0 bridgehead atoms. The standard InChI is InChI=1S/C30H30F2N4O4/c31-21-10-9-20(24(32)14-21)15-33-29(38)23-16-34-17-25-35-12-5-4-8-22(35)11-13-36(25)30(39)26(34)28(27(23)37)40-18-19-6-2-1-3-7-19/h1-3,6-7,9-10,14,16,22,25H,4-5,8,11-13,15,17-18H2,(H,33,38)/t22-,25?/m1/s1. The van der Waals surface area contributed by atoms with Gasteiger partial charge in [-0.05, 0) is 30.9 Å². The largest absolute Gasteiger partial charge is 0.483 e. The maximum atomic E-state index is 14.1. The molecule has 3 aromatic rings. The molecular formula is C30H30F2N4O4. The van der Waals surface area contributed by atoms with Gasteiger partial charge in [0.2, 0.25) is 5.43 Å². The average Bonchev–Trinajstić information content (AvgIpc) is 2.96. The van der Waals surface area contributed by atoms with Crippen LogP contribution >= 0.6 is 0 Å². The number of ether oxygens (including phenoxy) is 1. The molecule has 0 radical (unpaired) electrons. The first-order chi connectivity index (χ1) is 19.4. The van der Waals surface area contributed by atoms with Gasteiger partial charge in [-0.1, -0.05) is 42.8 Å². The predicted molar refractivity (Wildman–Crippen MR) is 143 cm³/mol. The Morgan fingerprint density at radius 1 is 1.02 bits per heavy atom. The van der Waals surface area contributed by atoms with E-state index in [1.807, 2.05) is 35.2 Å². The third kappa shape index (κ3) is 4.88. The minimum Gasteiger partial charge on any atom is -0.483 e. The molecule has 2 atom stereocenters. The van der Waals surface area contributed by atoms with Crippen LogP contribution in [0.25, 0.3) is 0 Å². The van der Waals surface area contributed by atoms with Gasteiger partial charge in [0.25, 0.3) is 11.8 Å². The van der Waals surface area contributed by atoms with Crippen molar-refractivity contribution in [2.75, 3.05) is 13.1 Å². The normalized spacial score (nSPS) is 20.4. The lowest BCUT2D eigenvalue weighted by Gasteiger charge is -2.52. The summed E-state index contributed by atoms with van der Waals surface area (Å²) in [5.41, 5.74) is 0.101. The molecule has 40 heavy (non-hydrogen) atoms. The molecule has 2 fully saturated rings. The number of piperidine rings is 1. The van der Waals surface area contributed by atoms with E-state index >= 15 is 0 Å². The second-order valence-corrected chi connectivity index (χ2v) is 10.5. The van der Waals surface area contributed by atoms with Crippen molar-refractivity contribution in [3.05, 3.63) is 99.0 Å². The van der Waals surface area contributed by atoms with Crippen molar-refractivity contribution in [3.63, 3.8) is 0 Å². The Labute approximate surface area is 230 Å². The molecule has 3 aliphatic heterocycles. The van der Waals surface area contributed by atoms with Gasteiger partial charge in [-0.25, -0.2) is 8.78 Å². The molecule has 4 heterocycles. The van der Waals surface area contributed by atoms with E-state index in [4.69, 9.17) is 4.74 Å². The molecule has 0 aliphatic carbocycles. The number of carbonyl (C=O) groups is 2. The summed E-state index contributed by atoms with van der Waals surface area (Å²) in [4.78, 5) is 44.9. The first-order valence-corrected chi connectivity index (χ1v) is 13.6. The Kier molecular flexibility index (Phi) is 7.10. The summed E-state index contributed by atoms with van der Waals surface area (Å²) in [5.74, 6) is -2.72. The van der Waals surface area contributed by atoms with Gasteiger partial charge >= 0.3 is 0 Å². The van der Waals surface area contributed by atoms with Gasteiger partial charge in [-0.2, -0.15) is 0 Å². The molecule has 2 saturated heterocycles. The fraction of sp³-hybridized carbons (Fsp3) is 0.367. The van der Waals surface area contributed by atoms with Gasteiger partial charge in [0, 0.05) is 43.5 Å². The molecule has 8 nitrogen and oxygen atoms in total. The van der Waals surface area contributed by atoms with Gasteiger partial charge in [0.15, 0.2) is 11.4 Å². The molecule has 0 spiro atoms. The van der Waals surface area contributed by atoms with Crippen LogP contribution in [0.2, 0.25) is 0 Å². The number of hydrogen-bond donors (Lipinski definition) is 1. The van der Waals surface area contributed by atoms with Crippen LogP contribution in [0.15, 0.2) is 59.5 Å². The molecule has 2 amide bonds. The number of pyridine rings is 1. The minimum atomic E-state index is -0.798. The van der Waals surface area contributed by atoms with Gasteiger partial charge in [-0.15, -0.1) is 0 Å². The Bertz CT molecular complexity index is 1510. The van der Waals surface area contributed by atoms with Gasteiger partial charge in [0.05, 0.1) is 6.54 Å². The molecule has 3 aliphatic rings. The van der Waals surface area contributed by atoms with Crippen LogP contribution in [0.5, 0.6) is 5.75 Å². The van der Waals surface area contributed by atoms with Gasteiger partial charge in [0.1, 0.15) is 30.0 Å². The molecule has 1 N–H and O–H groups in total. The summed E-state index contributed by atoms with van der Waals surface area (Å²) < 4.78 is 35.1. The summed E-state index contributed by atoms with van der Waals surface area (Å²) in [6.45, 7) is 1.69. The number of rotatable bonds is 6. The highest BCUT2D eigenvalue weighted by atomic mass is 19.1. The zero-order chi connectivity index (χ0) is 27.8. The van der Waals surface area contributed by atoms with Crippen molar-refractivity contribution in [2.45, 2.75) is 57.6 Å². The van der Waals surface area contributed by atoms with Crippen molar-refractivity contribution >= 4 is 11.8 Å². The number of amides is 2. The quantitative estimate of drug-likeness (QED) is 0.508.